The smallest absolute Gasteiger partial charge is 0.220 e. The number of benzene rings is 1. The average Bonchev–Trinajstić information content (AvgIpc) is 3.14. The van der Waals surface area contributed by atoms with Gasteiger partial charge in [0.25, 0.3) is 0 Å². The summed E-state index contributed by atoms with van der Waals surface area (Å²) in [5.41, 5.74) is 2.24. The Bertz CT molecular complexity index is 610. The van der Waals surface area contributed by atoms with Crippen LogP contribution in [-0.4, -0.2) is 39.1 Å². The van der Waals surface area contributed by atoms with Crippen molar-refractivity contribution in [1.29, 1.82) is 0 Å². The van der Waals surface area contributed by atoms with Crippen LogP contribution in [0.2, 0.25) is 0 Å². The lowest BCUT2D eigenvalue weighted by molar-refractivity contribution is -0.121. The number of guanidine groups is 1. The van der Waals surface area contributed by atoms with Gasteiger partial charge < -0.3 is 20.7 Å². The van der Waals surface area contributed by atoms with Crippen LogP contribution >= 0.6 is 0 Å². The fourth-order valence-corrected chi connectivity index (χ4v) is 3.33. The number of carbonyl (C=O) groups is 1. The van der Waals surface area contributed by atoms with Gasteiger partial charge >= 0.3 is 0 Å². The summed E-state index contributed by atoms with van der Waals surface area (Å²) in [5.74, 6) is 2.32. The predicted molar refractivity (Wildman–Crippen MR) is 106 cm³/mol. The number of carbonyl (C=O) groups excluding carboxylic acids is 1. The molecule has 1 aromatic carbocycles. The van der Waals surface area contributed by atoms with Crippen molar-refractivity contribution in [3.05, 3.63) is 29.3 Å². The molecule has 26 heavy (non-hydrogen) atoms. The van der Waals surface area contributed by atoms with Crippen LogP contribution in [0.15, 0.2) is 23.2 Å². The van der Waals surface area contributed by atoms with Gasteiger partial charge in [-0.15, -0.1) is 0 Å². The number of rotatable bonds is 8. The molecule has 144 valence electrons. The molecule has 1 amide bonds. The van der Waals surface area contributed by atoms with Crippen LogP contribution < -0.4 is 20.7 Å². The van der Waals surface area contributed by atoms with E-state index in [2.05, 4.69) is 33.1 Å². The van der Waals surface area contributed by atoms with Crippen molar-refractivity contribution in [3.63, 3.8) is 0 Å². The Hall–Kier alpha value is -2.24. The molecule has 2 rings (SSSR count). The van der Waals surface area contributed by atoms with E-state index in [1.807, 2.05) is 13.0 Å². The van der Waals surface area contributed by atoms with Gasteiger partial charge in [0.15, 0.2) is 5.96 Å². The molecule has 1 aliphatic rings. The van der Waals surface area contributed by atoms with Crippen LogP contribution in [0.5, 0.6) is 5.75 Å². The van der Waals surface area contributed by atoms with Crippen LogP contribution in [0.3, 0.4) is 0 Å². The van der Waals surface area contributed by atoms with Crippen LogP contribution in [-0.2, 0) is 11.3 Å². The summed E-state index contributed by atoms with van der Waals surface area (Å²) in [6, 6.07) is 6.14. The van der Waals surface area contributed by atoms with E-state index in [1.165, 1.54) is 31.2 Å². The quantitative estimate of drug-likeness (QED) is 0.378. The van der Waals surface area contributed by atoms with Gasteiger partial charge in [-0.25, -0.2) is 0 Å². The fourth-order valence-electron chi connectivity index (χ4n) is 3.33. The molecule has 0 atom stereocenters. The predicted octanol–water partition coefficient (Wildman–Crippen LogP) is 2.37. The monoisotopic (exact) mass is 360 g/mol. The SMILES string of the molecule is CN=C(NCCNC(=O)CC1CCCC1)NCc1ccc(C)cc1OC. The minimum atomic E-state index is 0.158. The van der Waals surface area contributed by atoms with Crippen LogP contribution in [0.4, 0.5) is 0 Å². The van der Waals surface area contributed by atoms with Crippen molar-refractivity contribution in [3.8, 4) is 5.75 Å². The summed E-state index contributed by atoms with van der Waals surface area (Å²) in [4.78, 5) is 16.1. The zero-order valence-electron chi connectivity index (χ0n) is 16.2. The molecule has 1 aliphatic carbocycles. The summed E-state index contributed by atoms with van der Waals surface area (Å²) < 4.78 is 5.42. The molecular formula is C20H32N4O2. The van der Waals surface area contributed by atoms with Crippen LogP contribution in [0, 0.1) is 12.8 Å². The maximum Gasteiger partial charge on any atom is 0.220 e. The molecule has 0 heterocycles. The largest absolute Gasteiger partial charge is 0.496 e. The highest BCUT2D eigenvalue weighted by atomic mass is 16.5. The van der Waals surface area contributed by atoms with E-state index in [9.17, 15) is 4.79 Å². The number of hydrogen-bond acceptors (Lipinski definition) is 3. The second-order valence-electron chi connectivity index (χ2n) is 6.87. The van der Waals surface area contributed by atoms with Gasteiger partial charge in [0.1, 0.15) is 5.75 Å². The lowest BCUT2D eigenvalue weighted by atomic mass is 10.0. The molecule has 0 unspecified atom stereocenters. The Morgan fingerprint density at radius 3 is 2.62 bits per heavy atom. The van der Waals surface area contributed by atoms with Crippen molar-refractivity contribution in [2.75, 3.05) is 27.2 Å². The third kappa shape index (κ3) is 6.58. The first-order valence-corrected chi connectivity index (χ1v) is 9.47. The molecule has 0 bridgehead atoms. The van der Waals surface area contributed by atoms with E-state index in [-0.39, 0.29) is 5.91 Å². The fraction of sp³-hybridized carbons (Fsp3) is 0.600. The van der Waals surface area contributed by atoms with E-state index in [1.54, 1.807) is 14.2 Å². The van der Waals surface area contributed by atoms with Crippen molar-refractivity contribution in [2.24, 2.45) is 10.9 Å². The van der Waals surface area contributed by atoms with Gasteiger partial charge in [0.05, 0.1) is 7.11 Å². The van der Waals surface area contributed by atoms with Crippen LogP contribution in [0.1, 0.15) is 43.2 Å². The number of hydrogen-bond donors (Lipinski definition) is 3. The summed E-state index contributed by atoms with van der Waals surface area (Å²) >= 11 is 0. The molecule has 0 radical (unpaired) electrons. The van der Waals surface area contributed by atoms with Crippen molar-refractivity contribution in [2.45, 2.75) is 45.6 Å². The molecule has 6 nitrogen and oxygen atoms in total. The highest BCUT2D eigenvalue weighted by Crippen LogP contribution is 2.27. The highest BCUT2D eigenvalue weighted by Gasteiger charge is 2.17. The minimum absolute atomic E-state index is 0.158. The number of nitrogens with zero attached hydrogens (tertiary/aromatic N) is 1. The number of aryl methyl sites for hydroxylation is 1. The first-order valence-electron chi connectivity index (χ1n) is 9.47. The summed E-state index contributed by atoms with van der Waals surface area (Å²) in [6.45, 7) is 3.90. The molecule has 1 aromatic rings. The van der Waals surface area contributed by atoms with Gasteiger partial charge in [0, 0.05) is 38.7 Å². The van der Waals surface area contributed by atoms with Crippen molar-refractivity contribution in [1.82, 2.24) is 16.0 Å². The van der Waals surface area contributed by atoms with Gasteiger partial charge in [-0.2, -0.15) is 0 Å². The van der Waals surface area contributed by atoms with Crippen LogP contribution in [0.25, 0.3) is 0 Å². The molecule has 6 heteroatoms. The zero-order chi connectivity index (χ0) is 18.8. The maximum atomic E-state index is 11.9. The molecular weight excluding hydrogens is 328 g/mol. The Morgan fingerprint density at radius 1 is 1.19 bits per heavy atom. The number of aliphatic imine (C=N–C) groups is 1. The first-order chi connectivity index (χ1) is 12.6. The van der Waals surface area contributed by atoms with Gasteiger partial charge in [-0.1, -0.05) is 25.0 Å². The van der Waals surface area contributed by atoms with E-state index in [4.69, 9.17) is 4.74 Å². The van der Waals surface area contributed by atoms with Crippen molar-refractivity contribution < 1.29 is 9.53 Å². The number of ether oxygens (including phenoxy) is 1. The standard InChI is InChI=1S/C20H32N4O2/c1-15-8-9-17(18(12-15)26-3)14-24-20(21-2)23-11-10-22-19(25)13-16-6-4-5-7-16/h8-9,12,16H,4-7,10-11,13-14H2,1-3H3,(H,22,25)(H2,21,23,24). The Labute approximate surface area is 156 Å². The minimum Gasteiger partial charge on any atom is -0.496 e. The number of amides is 1. The summed E-state index contributed by atoms with van der Waals surface area (Å²) in [6.07, 6.45) is 5.61. The molecule has 3 N–H and O–H groups in total. The molecule has 0 saturated heterocycles. The highest BCUT2D eigenvalue weighted by molar-refractivity contribution is 5.80. The van der Waals surface area contributed by atoms with E-state index < -0.39 is 0 Å². The van der Waals surface area contributed by atoms with Gasteiger partial charge in [-0.05, 0) is 37.3 Å². The lowest BCUT2D eigenvalue weighted by Crippen LogP contribution is -2.41. The number of nitrogens with one attached hydrogen (secondary N) is 3. The van der Waals surface area contributed by atoms with Gasteiger partial charge in [-0.3, -0.25) is 9.79 Å². The van der Waals surface area contributed by atoms with Crippen molar-refractivity contribution >= 4 is 11.9 Å². The summed E-state index contributed by atoms with van der Waals surface area (Å²) in [7, 11) is 3.42. The molecule has 0 spiro atoms. The first kappa shape index (κ1) is 20.1. The second kappa shape index (κ2) is 10.7. The summed E-state index contributed by atoms with van der Waals surface area (Å²) in [5, 5.41) is 9.48. The normalized spacial score (nSPS) is 15.0. The Balaban J connectivity index is 1.67. The average molecular weight is 361 g/mol. The third-order valence-corrected chi connectivity index (χ3v) is 4.80. The third-order valence-electron chi connectivity index (χ3n) is 4.80. The van der Waals surface area contributed by atoms with Gasteiger partial charge in [0.2, 0.25) is 5.91 Å². The second-order valence-corrected chi connectivity index (χ2v) is 6.87. The number of methoxy groups -OCH3 is 1. The Kier molecular flexibility index (Phi) is 8.25. The topological polar surface area (TPSA) is 74.8 Å². The lowest BCUT2D eigenvalue weighted by Gasteiger charge is -2.15. The molecule has 0 aliphatic heterocycles. The molecule has 1 saturated carbocycles. The van der Waals surface area contributed by atoms with E-state index in [0.29, 0.717) is 37.9 Å². The zero-order valence-corrected chi connectivity index (χ0v) is 16.2. The Morgan fingerprint density at radius 2 is 1.92 bits per heavy atom. The molecule has 1 fully saturated rings. The van der Waals surface area contributed by atoms with E-state index >= 15 is 0 Å². The molecule has 0 aromatic heterocycles. The van der Waals surface area contributed by atoms with E-state index in [0.717, 1.165) is 11.3 Å². The maximum absolute atomic E-state index is 11.9.